The fourth-order valence-electron chi connectivity index (χ4n) is 3.17. The van der Waals surface area contributed by atoms with Gasteiger partial charge in [-0.3, -0.25) is 4.79 Å². The lowest BCUT2D eigenvalue weighted by molar-refractivity contribution is 0.102. The number of nitrogens with one attached hydrogen (secondary N) is 1. The van der Waals surface area contributed by atoms with Crippen LogP contribution >= 0.6 is 11.3 Å². The molecule has 1 fully saturated rings. The average molecular weight is 432 g/mol. The minimum absolute atomic E-state index is 0.235. The van der Waals surface area contributed by atoms with Crippen molar-refractivity contribution in [3.05, 3.63) is 53.7 Å². The molecule has 1 N–H and O–H groups in total. The summed E-state index contributed by atoms with van der Waals surface area (Å²) >= 11 is 1.32. The molecule has 1 saturated heterocycles. The summed E-state index contributed by atoms with van der Waals surface area (Å²) in [4.78, 5) is 17.0. The van der Waals surface area contributed by atoms with Crippen molar-refractivity contribution in [2.45, 2.75) is 24.7 Å². The van der Waals surface area contributed by atoms with Gasteiger partial charge in [0.2, 0.25) is 10.0 Å². The molecule has 0 saturated carbocycles. The summed E-state index contributed by atoms with van der Waals surface area (Å²) in [5.74, 6) is 0.799. The molecule has 152 valence electrons. The Morgan fingerprint density at radius 2 is 1.93 bits per heavy atom. The summed E-state index contributed by atoms with van der Waals surface area (Å²) in [6, 6.07) is 9.78. The lowest BCUT2D eigenvalue weighted by Crippen LogP contribution is -2.37. The van der Waals surface area contributed by atoms with Crippen molar-refractivity contribution in [2.75, 3.05) is 18.4 Å². The van der Waals surface area contributed by atoms with Crippen LogP contribution in [0.3, 0.4) is 0 Å². The smallest absolute Gasteiger partial charge is 0.275 e. The van der Waals surface area contributed by atoms with Crippen LogP contribution in [-0.2, 0) is 10.0 Å². The zero-order chi connectivity index (χ0) is 20.4. The minimum Gasteiger partial charge on any atom is -0.462 e. The second kappa shape index (κ2) is 8.10. The number of anilines is 1. The highest BCUT2D eigenvalue weighted by Gasteiger charge is 2.28. The lowest BCUT2D eigenvalue weighted by Gasteiger charge is -2.29. The predicted octanol–water partition coefficient (Wildman–Crippen LogP) is 4.08. The number of sulfonamides is 1. The third kappa shape index (κ3) is 4.26. The molecule has 2 aromatic heterocycles. The number of nitrogens with zero attached hydrogens (tertiary/aromatic N) is 2. The fraction of sp³-hybridized carbons (Fsp3) is 0.300. The summed E-state index contributed by atoms with van der Waals surface area (Å²) in [5, 5.41) is 5.03. The predicted molar refractivity (Wildman–Crippen MR) is 111 cm³/mol. The molecule has 0 spiro atoms. The maximum Gasteiger partial charge on any atom is 0.275 e. The van der Waals surface area contributed by atoms with Crippen LogP contribution in [0.1, 0.15) is 30.3 Å². The van der Waals surface area contributed by atoms with Crippen LogP contribution in [-0.4, -0.2) is 36.7 Å². The summed E-state index contributed by atoms with van der Waals surface area (Å²) in [7, 11) is -3.51. The van der Waals surface area contributed by atoms with Gasteiger partial charge in [0, 0.05) is 24.2 Å². The Labute approximate surface area is 173 Å². The maximum atomic E-state index is 12.8. The molecule has 3 heterocycles. The Balaban J connectivity index is 1.43. The van der Waals surface area contributed by atoms with E-state index in [4.69, 9.17) is 4.42 Å². The van der Waals surface area contributed by atoms with Crippen LogP contribution < -0.4 is 5.32 Å². The lowest BCUT2D eigenvalue weighted by atomic mass is 10.0. The van der Waals surface area contributed by atoms with Gasteiger partial charge in [-0.2, -0.15) is 4.31 Å². The van der Waals surface area contributed by atoms with Gasteiger partial charge in [0.25, 0.3) is 5.91 Å². The molecular formula is C20H21N3O4S2. The third-order valence-electron chi connectivity index (χ3n) is 4.96. The van der Waals surface area contributed by atoms with Gasteiger partial charge in [-0.05, 0) is 55.2 Å². The topological polar surface area (TPSA) is 92.5 Å². The number of carbonyl (C=O) groups excluding carboxylic acids is 1. The van der Waals surface area contributed by atoms with Crippen molar-refractivity contribution in [1.29, 1.82) is 0 Å². The highest BCUT2D eigenvalue weighted by atomic mass is 32.2. The number of thiazole rings is 1. The number of furan rings is 1. The van der Waals surface area contributed by atoms with E-state index in [0.29, 0.717) is 35.5 Å². The Morgan fingerprint density at radius 1 is 1.21 bits per heavy atom. The summed E-state index contributed by atoms with van der Waals surface area (Å²) in [6.07, 6.45) is 3.30. The zero-order valence-electron chi connectivity index (χ0n) is 15.9. The van der Waals surface area contributed by atoms with E-state index in [-0.39, 0.29) is 16.5 Å². The van der Waals surface area contributed by atoms with E-state index in [1.807, 2.05) is 0 Å². The van der Waals surface area contributed by atoms with Crippen LogP contribution in [0.5, 0.6) is 0 Å². The first-order valence-corrected chi connectivity index (χ1v) is 11.7. The molecule has 7 nitrogen and oxygen atoms in total. The van der Waals surface area contributed by atoms with E-state index in [1.54, 1.807) is 35.9 Å². The van der Waals surface area contributed by atoms with E-state index in [0.717, 1.165) is 12.8 Å². The summed E-state index contributed by atoms with van der Waals surface area (Å²) in [5.41, 5.74) is 0.786. The van der Waals surface area contributed by atoms with Crippen molar-refractivity contribution in [3.63, 3.8) is 0 Å². The molecule has 0 unspecified atom stereocenters. The molecule has 0 aliphatic carbocycles. The monoisotopic (exact) mass is 431 g/mol. The van der Waals surface area contributed by atoms with Crippen molar-refractivity contribution >= 4 is 33.0 Å². The van der Waals surface area contributed by atoms with Crippen molar-refractivity contribution in [2.24, 2.45) is 5.92 Å². The minimum atomic E-state index is -3.51. The Morgan fingerprint density at radius 3 is 2.59 bits per heavy atom. The van der Waals surface area contributed by atoms with Gasteiger partial charge >= 0.3 is 0 Å². The highest BCUT2D eigenvalue weighted by Crippen LogP contribution is 2.26. The van der Waals surface area contributed by atoms with Gasteiger partial charge in [-0.1, -0.05) is 6.92 Å². The van der Waals surface area contributed by atoms with Gasteiger partial charge in [-0.25, -0.2) is 13.4 Å². The first-order valence-electron chi connectivity index (χ1n) is 9.34. The largest absolute Gasteiger partial charge is 0.462 e. The molecule has 29 heavy (non-hydrogen) atoms. The van der Waals surface area contributed by atoms with Gasteiger partial charge in [0.1, 0.15) is 5.69 Å². The molecule has 0 radical (unpaired) electrons. The van der Waals surface area contributed by atoms with Gasteiger partial charge < -0.3 is 9.73 Å². The number of benzene rings is 1. The van der Waals surface area contributed by atoms with Crippen LogP contribution in [0.4, 0.5) is 5.69 Å². The first-order chi connectivity index (χ1) is 13.9. The molecule has 1 aliphatic heterocycles. The number of amides is 1. The number of carbonyl (C=O) groups is 1. The summed E-state index contributed by atoms with van der Waals surface area (Å²) < 4.78 is 32.4. The maximum absolute atomic E-state index is 12.8. The number of piperidine rings is 1. The molecule has 0 atom stereocenters. The Bertz CT molecular complexity index is 1080. The van der Waals surface area contributed by atoms with E-state index >= 15 is 0 Å². The second-order valence-corrected chi connectivity index (χ2v) is 9.88. The normalized spacial score (nSPS) is 16.0. The van der Waals surface area contributed by atoms with Crippen LogP contribution in [0.25, 0.3) is 10.8 Å². The molecule has 3 aromatic rings. The molecule has 1 aliphatic rings. The molecular weight excluding hydrogens is 410 g/mol. The number of hydrogen-bond acceptors (Lipinski definition) is 6. The molecule has 4 rings (SSSR count). The summed E-state index contributed by atoms with van der Waals surface area (Å²) in [6.45, 7) is 3.23. The first kappa shape index (κ1) is 19.8. The van der Waals surface area contributed by atoms with Crippen molar-refractivity contribution < 1.29 is 17.6 Å². The van der Waals surface area contributed by atoms with Gasteiger partial charge in [0.05, 0.1) is 11.2 Å². The molecule has 1 aromatic carbocycles. The van der Waals surface area contributed by atoms with Crippen molar-refractivity contribution in [1.82, 2.24) is 9.29 Å². The number of rotatable bonds is 5. The average Bonchev–Trinajstić information content (AvgIpc) is 3.40. The highest BCUT2D eigenvalue weighted by molar-refractivity contribution is 7.89. The van der Waals surface area contributed by atoms with Gasteiger partial charge in [-0.15, -0.1) is 11.3 Å². The second-order valence-electron chi connectivity index (χ2n) is 7.08. The molecule has 1 amide bonds. The van der Waals surface area contributed by atoms with Crippen LogP contribution in [0.15, 0.2) is 57.4 Å². The van der Waals surface area contributed by atoms with Crippen LogP contribution in [0, 0.1) is 5.92 Å². The Hall–Kier alpha value is -2.49. The van der Waals surface area contributed by atoms with E-state index in [2.05, 4.69) is 17.2 Å². The van der Waals surface area contributed by atoms with Crippen molar-refractivity contribution in [3.8, 4) is 10.8 Å². The zero-order valence-corrected chi connectivity index (χ0v) is 17.5. The third-order valence-corrected chi connectivity index (χ3v) is 7.73. The molecule has 9 heteroatoms. The Kier molecular flexibility index (Phi) is 5.53. The van der Waals surface area contributed by atoms with E-state index < -0.39 is 10.0 Å². The quantitative estimate of drug-likeness (QED) is 0.657. The van der Waals surface area contributed by atoms with Gasteiger partial charge in [0.15, 0.2) is 10.8 Å². The number of hydrogen-bond donors (Lipinski definition) is 1. The van der Waals surface area contributed by atoms with E-state index in [1.165, 1.54) is 27.8 Å². The molecule has 0 bridgehead atoms. The van der Waals surface area contributed by atoms with E-state index in [9.17, 15) is 13.2 Å². The van der Waals surface area contributed by atoms with Crippen LogP contribution in [0.2, 0.25) is 0 Å². The standard InChI is InChI=1S/C20H21N3O4S2/c1-14-8-10-23(11-9-14)29(25,26)16-6-4-15(5-7-16)21-19(24)17-13-28-20(22-17)18-3-2-12-27-18/h2-7,12-14H,8-11H2,1H3,(H,21,24). The number of aromatic nitrogens is 1. The fourth-order valence-corrected chi connectivity index (χ4v) is 5.41. The SMILES string of the molecule is CC1CCN(S(=O)(=O)c2ccc(NC(=O)c3csc(-c4ccco4)n3)cc2)CC1.